The number of hydrazine groups is 1. The Morgan fingerprint density at radius 3 is 2.22 bits per heavy atom. The third-order valence-corrected chi connectivity index (χ3v) is 4.14. The summed E-state index contributed by atoms with van der Waals surface area (Å²) in [5.74, 6) is -0.211. The molecule has 0 aliphatic heterocycles. The molecular weight excluding hydrogens is 340 g/mol. The van der Waals surface area contributed by atoms with Crippen molar-refractivity contribution < 1.29 is 9.59 Å². The highest BCUT2D eigenvalue weighted by molar-refractivity contribution is 6.02. The first-order chi connectivity index (χ1) is 13.2. The second-order valence-electron chi connectivity index (χ2n) is 5.92. The van der Waals surface area contributed by atoms with E-state index >= 15 is 0 Å². The summed E-state index contributed by atoms with van der Waals surface area (Å²) >= 11 is 0. The summed E-state index contributed by atoms with van der Waals surface area (Å²) in [6.07, 6.45) is 0. The van der Waals surface area contributed by atoms with Gasteiger partial charge in [0.25, 0.3) is 11.8 Å². The maximum Gasteiger partial charge on any atom is 0.270 e. The average Bonchev–Trinajstić information content (AvgIpc) is 3.16. The van der Waals surface area contributed by atoms with Crippen LogP contribution in [0.25, 0.3) is 22.4 Å². The molecule has 0 saturated carbocycles. The molecule has 132 valence electrons. The number of aromatic amines is 1. The molecule has 4 rings (SSSR count). The molecule has 0 atom stereocenters. The van der Waals surface area contributed by atoms with E-state index in [4.69, 9.17) is 0 Å². The van der Waals surface area contributed by atoms with Gasteiger partial charge in [0.05, 0.1) is 16.6 Å². The number of rotatable bonds is 3. The van der Waals surface area contributed by atoms with Crippen molar-refractivity contribution in [1.29, 1.82) is 0 Å². The highest BCUT2D eigenvalue weighted by Crippen LogP contribution is 2.23. The quantitative estimate of drug-likeness (QED) is 0.492. The van der Waals surface area contributed by atoms with Crippen molar-refractivity contribution in [3.05, 3.63) is 90.0 Å². The lowest BCUT2D eigenvalue weighted by molar-refractivity contribution is 0.0847. The second-order valence-corrected chi connectivity index (χ2v) is 5.92. The topological polar surface area (TPSA) is 86.9 Å². The van der Waals surface area contributed by atoms with Crippen molar-refractivity contribution in [3.63, 3.8) is 0 Å². The molecule has 0 spiro atoms. The molecule has 3 N–H and O–H groups in total. The summed E-state index contributed by atoms with van der Waals surface area (Å²) in [7, 11) is 0. The van der Waals surface area contributed by atoms with Crippen molar-refractivity contribution in [2.45, 2.75) is 0 Å². The van der Waals surface area contributed by atoms with Crippen LogP contribution in [0.4, 0.5) is 0 Å². The molecule has 0 aliphatic rings. The van der Waals surface area contributed by atoms with E-state index in [0.717, 1.165) is 11.0 Å². The molecule has 4 aromatic rings. The van der Waals surface area contributed by atoms with Crippen LogP contribution in [0.3, 0.4) is 0 Å². The Bertz CT molecular complexity index is 1090. The second kappa shape index (κ2) is 7.13. The van der Waals surface area contributed by atoms with E-state index in [2.05, 4.69) is 20.8 Å². The van der Waals surface area contributed by atoms with Gasteiger partial charge in [-0.15, -0.1) is 0 Å². The van der Waals surface area contributed by atoms with Gasteiger partial charge in [-0.25, -0.2) is 4.98 Å². The molecule has 0 radical (unpaired) electrons. The summed E-state index contributed by atoms with van der Waals surface area (Å²) in [5, 5.41) is 0. The molecule has 27 heavy (non-hydrogen) atoms. The molecule has 2 amide bonds. The molecule has 1 heterocycles. The molecule has 6 heteroatoms. The van der Waals surface area contributed by atoms with E-state index in [1.54, 1.807) is 36.4 Å². The first-order valence-corrected chi connectivity index (χ1v) is 8.42. The minimum absolute atomic E-state index is 0.384. The minimum Gasteiger partial charge on any atom is -0.338 e. The number of nitrogens with zero attached hydrogens (tertiary/aromatic N) is 1. The van der Waals surface area contributed by atoms with Gasteiger partial charge in [-0.1, -0.05) is 48.5 Å². The Morgan fingerprint density at radius 2 is 1.41 bits per heavy atom. The van der Waals surface area contributed by atoms with Crippen LogP contribution >= 0.6 is 0 Å². The number of imidazole rings is 1. The van der Waals surface area contributed by atoms with Crippen molar-refractivity contribution in [1.82, 2.24) is 20.8 Å². The van der Waals surface area contributed by atoms with Crippen molar-refractivity contribution >= 4 is 22.8 Å². The van der Waals surface area contributed by atoms with Gasteiger partial charge in [-0.3, -0.25) is 20.4 Å². The molecule has 6 nitrogen and oxygen atoms in total. The number of para-hydroxylation sites is 2. The third-order valence-electron chi connectivity index (χ3n) is 4.14. The lowest BCUT2D eigenvalue weighted by atomic mass is 10.1. The first kappa shape index (κ1) is 16.5. The van der Waals surface area contributed by atoms with Crippen LogP contribution < -0.4 is 10.9 Å². The van der Waals surface area contributed by atoms with Crippen LogP contribution in [0.15, 0.2) is 78.9 Å². The SMILES string of the molecule is O=C(NNC(=O)c1ccccc1-c1nc2ccccc2[nH]1)c1ccccc1. The van der Waals surface area contributed by atoms with Crippen molar-refractivity contribution in [2.75, 3.05) is 0 Å². The zero-order valence-electron chi connectivity index (χ0n) is 14.3. The highest BCUT2D eigenvalue weighted by Gasteiger charge is 2.16. The fraction of sp³-hybridized carbons (Fsp3) is 0. The number of carbonyl (C=O) groups excluding carboxylic acids is 2. The number of hydrogen-bond acceptors (Lipinski definition) is 3. The molecular formula is C21H16N4O2. The number of aromatic nitrogens is 2. The normalized spacial score (nSPS) is 10.5. The van der Waals surface area contributed by atoms with E-state index in [9.17, 15) is 9.59 Å². The molecule has 0 unspecified atom stereocenters. The number of hydrogen-bond donors (Lipinski definition) is 3. The van der Waals surface area contributed by atoms with Crippen LogP contribution in [-0.2, 0) is 0 Å². The van der Waals surface area contributed by atoms with Gasteiger partial charge in [-0.2, -0.15) is 0 Å². The van der Waals surface area contributed by atoms with Crippen LogP contribution in [-0.4, -0.2) is 21.8 Å². The maximum atomic E-state index is 12.6. The van der Waals surface area contributed by atoms with E-state index in [-0.39, 0.29) is 5.91 Å². The van der Waals surface area contributed by atoms with Crippen LogP contribution in [0.2, 0.25) is 0 Å². The van der Waals surface area contributed by atoms with E-state index < -0.39 is 5.91 Å². The number of benzene rings is 3. The average molecular weight is 356 g/mol. The lowest BCUT2D eigenvalue weighted by Gasteiger charge is -2.10. The largest absolute Gasteiger partial charge is 0.338 e. The summed E-state index contributed by atoms with van der Waals surface area (Å²) < 4.78 is 0. The summed E-state index contributed by atoms with van der Waals surface area (Å²) in [6, 6.07) is 23.4. The third kappa shape index (κ3) is 3.41. The molecule has 0 fully saturated rings. The van der Waals surface area contributed by atoms with Crippen molar-refractivity contribution in [2.24, 2.45) is 0 Å². The zero-order chi connectivity index (χ0) is 18.6. The molecule has 0 bridgehead atoms. The van der Waals surface area contributed by atoms with Gasteiger partial charge < -0.3 is 4.98 Å². The number of H-pyrrole nitrogens is 1. The van der Waals surface area contributed by atoms with Crippen LogP contribution in [0, 0.1) is 0 Å². The molecule has 1 aromatic heterocycles. The standard InChI is InChI=1S/C21H16N4O2/c26-20(14-8-2-1-3-9-14)24-25-21(27)16-11-5-4-10-15(16)19-22-17-12-6-7-13-18(17)23-19/h1-13H,(H,22,23)(H,24,26)(H,25,27). The van der Waals surface area contributed by atoms with Gasteiger partial charge in [0.1, 0.15) is 5.82 Å². The Hall–Kier alpha value is -3.93. The van der Waals surface area contributed by atoms with Gasteiger partial charge in [0.15, 0.2) is 0 Å². The monoisotopic (exact) mass is 356 g/mol. The minimum atomic E-state index is -0.421. The van der Waals surface area contributed by atoms with E-state index in [0.29, 0.717) is 22.5 Å². The lowest BCUT2D eigenvalue weighted by Crippen LogP contribution is -2.41. The fourth-order valence-corrected chi connectivity index (χ4v) is 2.81. The zero-order valence-corrected chi connectivity index (χ0v) is 14.3. The molecule has 0 saturated heterocycles. The number of fused-ring (bicyclic) bond motifs is 1. The first-order valence-electron chi connectivity index (χ1n) is 8.42. The Morgan fingerprint density at radius 1 is 0.741 bits per heavy atom. The Labute approximate surface area is 155 Å². The molecule has 0 aliphatic carbocycles. The Balaban J connectivity index is 1.57. The fourth-order valence-electron chi connectivity index (χ4n) is 2.81. The van der Waals surface area contributed by atoms with Crippen molar-refractivity contribution in [3.8, 4) is 11.4 Å². The predicted molar refractivity (Wildman–Crippen MR) is 103 cm³/mol. The number of amides is 2. The summed E-state index contributed by atoms with van der Waals surface area (Å²) in [6.45, 7) is 0. The van der Waals surface area contributed by atoms with Gasteiger partial charge in [-0.05, 0) is 30.3 Å². The summed E-state index contributed by atoms with van der Waals surface area (Å²) in [5.41, 5.74) is 8.12. The van der Waals surface area contributed by atoms with E-state index in [1.807, 2.05) is 42.5 Å². The molecule has 3 aromatic carbocycles. The van der Waals surface area contributed by atoms with Crippen LogP contribution in [0.5, 0.6) is 0 Å². The van der Waals surface area contributed by atoms with Crippen LogP contribution in [0.1, 0.15) is 20.7 Å². The van der Waals surface area contributed by atoms with E-state index in [1.165, 1.54) is 0 Å². The highest BCUT2D eigenvalue weighted by atomic mass is 16.2. The van der Waals surface area contributed by atoms with Gasteiger partial charge in [0, 0.05) is 11.1 Å². The van der Waals surface area contributed by atoms with Gasteiger partial charge in [0.2, 0.25) is 0 Å². The maximum absolute atomic E-state index is 12.6. The Kier molecular flexibility index (Phi) is 4.37. The van der Waals surface area contributed by atoms with Gasteiger partial charge >= 0.3 is 0 Å². The number of carbonyl (C=O) groups is 2. The predicted octanol–water partition coefficient (Wildman–Crippen LogP) is 3.30. The number of nitrogens with one attached hydrogen (secondary N) is 3. The smallest absolute Gasteiger partial charge is 0.270 e. The summed E-state index contributed by atoms with van der Waals surface area (Å²) in [4.78, 5) is 32.5.